The number of anilines is 1. The SMILES string of the molecule is CC(NC(=O)c1ccc2nc(N)sc2c1)C(=O)O. The van der Waals surface area contributed by atoms with Crippen LogP contribution in [0.5, 0.6) is 0 Å². The second-order valence-corrected chi connectivity index (χ2v) is 4.83. The summed E-state index contributed by atoms with van der Waals surface area (Å²) < 4.78 is 0.795. The maximum atomic E-state index is 11.8. The Morgan fingerprint density at radius 2 is 2.22 bits per heavy atom. The predicted octanol–water partition coefficient (Wildman–Crippen LogP) is 1.08. The van der Waals surface area contributed by atoms with Crippen molar-refractivity contribution in [2.75, 3.05) is 5.73 Å². The van der Waals surface area contributed by atoms with Crippen LogP contribution in [0.4, 0.5) is 5.13 Å². The first kappa shape index (κ1) is 12.3. The molecule has 7 heteroatoms. The van der Waals surface area contributed by atoms with Gasteiger partial charge in [-0.15, -0.1) is 0 Å². The largest absolute Gasteiger partial charge is 0.480 e. The third-order valence-electron chi connectivity index (χ3n) is 2.39. The third kappa shape index (κ3) is 2.40. The number of thiazole rings is 1. The first-order chi connectivity index (χ1) is 8.47. The monoisotopic (exact) mass is 265 g/mol. The molecule has 0 aliphatic rings. The van der Waals surface area contributed by atoms with Gasteiger partial charge >= 0.3 is 5.97 Å². The minimum absolute atomic E-state index is 0.388. The Morgan fingerprint density at radius 1 is 1.50 bits per heavy atom. The Bertz CT molecular complexity index is 623. The minimum atomic E-state index is -1.08. The van der Waals surface area contributed by atoms with Crippen LogP contribution in [0.25, 0.3) is 10.2 Å². The van der Waals surface area contributed by atoms with Crippen LogP contribution in [0.1, 0.15) is 17.3 Å². The lowest BCUT2D eigenvalue weighted by Crippen LogP contribution is -2.38. The topological polar surface area (TPSA) is 105 Å². The number of carboxylic acid groups (broad SMARTS) is 1. The molecule has 1 atom stereocenters. The van der Waals surface area contributed by atoms with Crippen molar-refractivity contribution in [1.29, 1.82) is 0 Å². The van der Waals surface area contributed by atoms with Crippen molar-refractivity contribution in [3.8, 4) is 0 Å². The molecule has 18 heavy (non-hydrogen) atoms. The van der Waals surface area contributed by atoms with Crippen molar-refractivity contribution >= 4 is 38.6 Å². The molecule has 4 N–H and O–H groups in total. The highest BCUT2D eigenvalue weighted by molar-refractivity contribution is 7.22. The Hall–Kier alpha value is -2.15. The van der Waals surface area contributed by atoms with E-state index in [9.17, 15) is 9.59 Å². The number of benzene rings is 1. The first-order valence-corrected chi connectivity index (χ1v) is 5.99. The number of carbonyl (C=O) groups excluding carboxylic acids is 1. The predicted molar refractivity (Wildman–Crippen MR) is 68.6 cm³/mol. The fraction of sp³-hybridized carbons (Fsp3) is 0.182. The van der Waals surface area contributed by atoms with Gasteiger partial charge in [-0.05, 0) is 25.1 Å². The summed E-state index contributed by atoms with van der Waals surface area (Å²) in [7, 11) is 0. The van der Waals surface area contributed by atoms with Crippen LogP contribution >= 0.6 is 11.3 Å². The summed E-state index contributed by atoms with van der Waals surface area (Å²) >= 11 is 1.28. The van der Waals surface area contributed by atoms with Gasteiger partial charge in [0.25, 0.3) is 5.91 Å². The number of nitrogens with zero attached hydrogens (tertiary/aromatic N) is 1. The molecule has 0 bridgehead atoms. The highest BCUT2D eigenvalue weighted by Gasteiger charge is 2.15. The average molecular weight is 265 g/mol. The van der Waals surface area contributed by atoms with Gasteiger partial charge in [0.15, 0.2) is 5.13 Å². The van der Waals surface area contributed by atoms with E-state index in [0.717, 1.165) is 10.2 Å². The fourth-order valence-corrected chi connectivity index (χ4v) is 2.20. The molecule has 0 aliphatic carbocycles. The molecule has 1 unspecified atom stereocenters. The van der Waals surface area contributed by atoms with E-state index in [1.807, 2.05) is 0 Å². The van der Waals surface area contributed by atoms with Crippen LogP contribution in [0.2, 0.25) is 0 Å². The molecule has 0 spiro atoms. The lowest BCUT2D eigenvalue weighted by atomic mass is 10.2. The maximum Gasteiger partial charge on any atom is 0.325 e. The molecular formula is C11H11N3O3S. The molecule has 0 aliphatic heterocycles. The van der Waals surface area contributed by atoms with Crippen LogP contribution in [0.3, 0.4) is 0 Å². The van der Waals surface area contributed by atoms with Gasteiger partial charge in [-0.3, -0.25) is 9.59 Å². The Kier molecular flexibility index (Phi) is 3.15. The van der Waals surface area contributed by atoms with E-state index >= 15 is 0 Å². The van der Waals surface area contributed by atoms with Gasteiger partial charge in [0.1, 0.15) is 6.04 Å². The summed E-state index contributed by atoms with van der Waals surface area (Å²) in [6.07, 6.45) is 0. The lowest BCUT2D eigenvalue weighted by Gasteiger charge is -2.08. The number of carboxylic acids is 1. The molecule has 0 saturated carbocycles. The number of hydrogen-bond acceptors (Lipinski definition) is 5. The van der Waals surface area contributed by atoms with Crippen molar-refractivity contribution in [3.63, 3.8) is 0 Å². The maximum absolute atomic E-state index is 11.8. The zero-order valence-electron chi connectivity index (χ0n) is 9.51. The van der Waals surface area contributed by atoms with Crippen LogP contribution in [-0.4, -0.2) is 28.0 Å². The number of nitrogens with one attached hydrogen (secondary N) is 1. The third-order valence-corrected chi connectivity index (χ3v) is 3.23. The molecule has 6 nitrogen and oxygen atoms in total. The summed E-state index contributed by atoms with van der Waals surface area (Å²) in [5.41, 5.74) is 6.68. The van der Waals surface area contributed by atoms with Crippen molar-refractivity contribution < 1.29 is 14.7 Å². The lowest BCUT2D eigenvalue weighted by molar-refractivity contribution is -0.138. The summed E-state index contributed by atoms with van der Waals surface area (Å²) in [4.78, 5) is 26.5. The van der Waals surface area contributed by atoms with Gasteiger partial charge in [-0.2, -0.15) is 0 Å². The van der Waals surface area contributed by atoms with Crippen molar-refractivity contribution in [3.05, 3.63) is 23.8 Å². The quantitative estimate of drug-likeness (QED) is 0.770. The molecule has 1 amide bonds. The van der Waals surface area contributed by atoms with Gasteiger partial charge in [0, 0.05) is 5.56 Å². The molecule has 0 saturated heterocycles. The molecule has 2 aromatic rings. The molecule has 0 fully saturated rings. The standard InChI is InChI=1S/C11H11N3O3S/c1-5(10(16)17)13-9(15)6-2-3-7-8(4-6)18-11(12)14-7/h2-5H,1H3,(H2,12,14)(H,13,15)(H,16,17). The van der Waals surface area contributed by atoms with E-state index in [2.05, 4.69) is 10.3 Å². The number of aromatic nitrogens is 1. The van der Waals surface area contributed by atoms with Gasteiger partial charge in [-0.25, -0.2) is 4.98 Å². The summed E-state index contributed by atoms with van der Waals surface area (Å²) in [6, 6.07) is 3.99. The average Bonchev–Trinajstić information content (AvgIpc) is 2.67. The Balaban J connectivity index is 2.25. The molecule has 0 radical (unpaired) electrons. The molecule has 2 rings (SSSR count). The smallest absolute Gasteiger partial charge is 0.325 e. The number of nitrogen functional groups attached to an aromatic ring is 1. The number of nitrogens with two attached hydrogens (primary N) is 1. The van der Waals surface area contributed by atoms with E-state index in [1.54, 1.807) is 18.2 Å². The van der Waals surface area contributed by atoms with E-state index in [1.165, 1.54) is 18.3 Å². The molecular weight excluding hydrogens is 254 g/mol. The molecule has 1 aromatic carbocycles. The highest BCUT2D eigenvalue weighted by atomic mass is 32.1. The van der Waals surface area contributed by atoms with Gasteiger partial charge in [-0.1, -0.05) is 11.3 Å². The summed E-state index contributed by atoms with van der Waals surface area (Å²) in [5, 5.41) is 11.5. The number of amides is 1. The number of rotatable bonds is 3. The second-order valence-electron chi connectivity index (χ2n) is 3.77. The Morgan fingerprint density at radius 3 is 2.89 bits per heavy atom. The zero-order valence-corrected chi connectivity index (χ0v) is 10.3. The minimum Gasteiger partial charge on any atom is -0.480 e. The van der Waals surface area contributed by atoms with Crippen molar-refractivity contribution in [1.82, 2.24) is 10.3 Å². The molecule has 1 heterocycles. The van der Waals surface area contributed by atoms with E-state index < -0.39 is 17.9 Å². The van der Waals surface area contributed by atoms with Gasteiger partial charge in [0.2, 0.25) is 0 Å². The van der Waals surface area contributed by atoms with Gasteiger partial charge in [0.05, 0.1) is 10.2 Å². The van der Waals surface area contributed by atoms with Crippen molar-refractivity contribution in [2.24, 2.45) is 0 Å². The van der Waals surface area contributed by atoms with Crippen LogP contribution < -0.4 is 11.1 Å². The number of hydrogen-bond donors (Lipinski definition) is 3. The molecule has 1 aromatic heterocycles. The van der Waals surface area contributed by atoms with Gasteiger partial charge < -0.3 is 16.2 Å². The highest BCUT2D eigenvalue weighted by Crippen LogP contribution is 2.24. The summed E-state index contributed by atoms with van der Waals surface area (Å²) in [6.45, 7) is 1.41. The van der Waals surface area contributed by atoms with Crippen LogP contribution in [0, 0.1) is 0 Å². The van der Waals surface area contributed by atoms with E-state index in [-0.39, 0.29) is 0 Å². The number of aliphatic carboxylic acids is 1. The normalized spacial score (nSPS) is 12.3. The van der Waals surface area contributed by atoms with Crippen molar-refractivity contribution in [2.45, 2.75) is 13.0 Å². The van der Waals surface area contributed by atoms with Crippen LogP contribution in [-0.2, 0) is 4.79 Å². The first-order valence-electron chi connectivity index (χ1n) is 5.17. The summed E-state index contributed by atoms with van der Waals surface area (Å²) in [5.74, 6) is -1.51. The van der Waals surface area contributed by atoms with E-state index in [4.69, 9.17) is 10.8 Å². The second kappa shape index (κ2) is 4.61. The fourth-order valence-electron chi connectivity index (χ4n) is 1.43. The van der Waals surface area contributed by atoms with Crippen LogP contribution in [0.15, 0.2) is 18.2 Å². The molecule has 94 valence electrons. The van der Waals surface area contributed by atoms with E-state index in [0.29, 0.717) is 10.7 Å². The number of carbonyl (C=O) groups is 2. The Labute approximate surface area is 106 Å². The number of fused-ring (bicyclic) bond motifs is 1. The zero-order chi connectivity index (χ0) is 13.3.